The molecule has 186 valence electrons. The van der Waals surface area contributed by atoms with Gasteiger partial charge in [0, 0.05) is 50.7 Å². The molecule has 5 rings (SSSR count). The number of carbonyl (C=O) groups is 1. The molecule has 2 aliphatic heterocycles. The van der Waals surface area contributed by atoms with Crippen LogP contribution in [0.15, 0.2) is 91.0 Å². The van der Waals surface area contributed by atoms with Crippen LogP contribution in [0.2, 0.25) is 0 Å². The van der Waals surface area contributed by atoms with Crippen LogP contribution in [0.4, 0.5) is 4.79 Å². The van der Waals surface area contributed by atoms with E-state index in [4.69, 9.17) is 4.74 Å². The van der Waals surface area contributed by atoms with E-state index in [1.807, 2.05) is 35.2 Å². The summed E-state index contributed by atoms with van der Waals surface area (Å²) in [5, 5.41) is 3.65. The van der Waals surface area contributed by atoms with E-state index >= 15 is 0 Å². The van der Waals surface area contributed by atoms with E-state index in [2.05, 4.69) is 70.9 Å². The van der Waals surface area contributed by atoms with Gasteiger partial charge in [0.1, 0.15) is 6.61 Å². The lowest BCUT2D eigenvalue weighted by atomic mass is 9.82. The lowest BCUT2D eigenvalue weighted by Gasteiger charge is -2.50. The first-order chi connectivity index (χ1) is 16.3. The fraction of sp³-hybridized carbons (Fsp3) is 0.321. The monoisotopic (exact) mass is 513 g/mol. The van der Waals surface area contributed by atoms with Crippen LogP contribution in [0.1, 0.15) is 22.6 Å². The van der Waals surface area contributed by atoms with Crippen molar-refractivity contribution >= 4 is 30.9 Å². The van der Waals surface area contributed by atoms with Gasteiger partial charge in [0.2, 0.25) is 0 Å². The fourth-order valence-corrected chi connectivity index (χ4v) is 5.25. The smallest absolute Gasteiger partial charge is 0.410 e. The summed E-state index contributed by atoms with van der Waals surface area (Å²) in [7, 11) is 0. The van der Waals surface area contributed by atoms with Gasteiger partial charge >= 0.3 is 6.09 Å². The number of nitrogens with one attached hydrogen (secondary N) is 1. The van der Waals surface area contributed by atoms with Crippen LogP contribution in [0, 0.1) is 0 Å². The third-order valence-corrected chi connectivity index (χ3v) is 6.85. The number of benzene rings is 3. The minimum absolute atomic E-state index is 0. The van der Waals surface area contributed by atoms with Crippen molar-refractivity contribution in [1.82, 2.24) is 15.1 Å². The molecule has 0 aromatic heterocycles. The van der Waals surface area contributed by atoms with Gasteiger partial charge in [-0.05, 0) is 16.7 Å². The molecule has 0 unspecified atom stereocenters. The highest BCUT2D eigenvalue weighted by Crippen LogP contribution is 2.34. The number of halogens is 2. The second kappa shape index (κ2) is 12.9. The number of hydrogen-bond acceptors (Lipinski definition) is 4. The van der Waals surface area contributed by atoms with E-state index in [0.29, 0.717) is 25.7 Å². The second-order valence-electron chi connectivity index (χ2n) is 8.90. The Balaban J connectivity index is 0.00000171. The summed E-state index contributed by atoms with van der Waals surface area (Å²) >= 11 is 0. The molecule has 0 saturated carbocycles. The second-order valence-corrected chi connectivity index (χ2v) is 8.90. The SMILES string of the molecule is Cl.Cl.O=C(OCc1ccccc1)N1CCN2[C@@H](CNC[C@@H]2C(c2ccccc2)c2ccccc2)C1. The van der Waals surface area contributed by atoms with Crippen LogP contribution in [0.25, 0.3) is 0 Å². The van der Waals surface area contributed by atoms with Crippen molar-refractivity contribution in [1.29, 1.82) is 0 Å². The zero-order chi connectivity index (χ0) is 22.5. The molecule has 5 nitrogen and oxygen atoms in total. The Bertz CT molecular complexity index is 1000. The third kappa shape index (κ3) is 6.36. The number of carbonyl (C=O) groups excluding carboxylic acids is 1. The van der Waals surface area contributed by atoms with Crippen LogP contribution in [0.3, 0.4) is 0 Å². The Hall–Kier alpha value is -2.57. The Morgan fingerprint density at radius 1 is 0.829 bits per heavy atom. The predicted molar refractivity (Wildman–Crippen MR) is 145 cm³/mol. The molecule has 3 aromatic rings. The minimum atomic E-state index is -0.219. The first kappa shape index (κ1) is 27.0. The zero-order valence-corrected chi connectivity index (χ0v) is 21.3. The van der Waals surface area contributed by atoms with Gasteiger partial charge in [-0.2, -0.15) is 0 Å². The average molecular weight is 514 g/mol. The normalized spacial score (nSPS) is 19.7. The van der Waals surface area contributed by atoms with Crippen molar-refractivity contribution in [2.75, 3.05) is 32.7 Å². The Labute approximate surface area is 220 Å². The van der Waals surface area contributed by atoms with Crippen LogP contribution < -0.4 is 5.32 Å². The lowest BCUT2D eigenvalue weighted by molar-refractivity contribution is 0.00851. The fourth-order valence-electron chi connectivity index (χ4n) is 5.25. The van der Waals surface area contributed by atoms with E-state index in [1.165, 1.54) is 11.1 Å². The number of ether oxygens (including phenoxy) is 1. The molecule has 35 heavy (non-hydrogen) atoms. The van der Waals surface area contributed by atoms with Gasteiger partial charge in [-0.3, -0.25) is 4.90 Å². The Morgan fingerprint density at radius 2 is 1.40 bits per heavy atom. The molecule has 0 spiro atoms. The number of hydrogen-bond donors (Lipinski definition) is 1. The molecule has 2 aliphatic rings. The molecule has 2 saturated heterocycles. The molecule has 7 heteroatoms. The van der Waals surface area contributed by atoms with Crippen molar-refractivity contribution in [3.63, 3.8) is 0 Å². The quantitative estimate of drug-likeness (QED) is 0.523. The molecule has 2 heterocycles. The topological polar surface area (TPSA) is 44.8 Å². The van der Waals surface area contributed by atoms with E-state index in [1.54, 1.807) is 0 Å². The molecule has 0 radical (unpaired) electrons. The highest BCUT2D eigenvalue weighted by molar-refractivity contribution is 5.85. The molecular formula is C28H33Cl2N3O2. The highest BCUT2D eigenvalue weighted by Gasteiger charge is 2.40. The summed E-state index contributed by atoms with van der Waals surface area (Å²) in [6.45, 7) is 4.37. The van der Waals surface area contributed by atoms with Crippen LogP contribution in [-0.2, 0) is 11.3 Å². The van der Waals surface area contributed by atoms with Gasteiger partial charge in [0.05, 0.1) is 0 Å². The summed E-state index contributed by atoms with van der Waals surface area (Å²) < 4.78 is 5.61. The van der Waals surface area contributed by atoms with Gasteiger partial charge in [0.15, 0.2) is 0 Å². The Kier molecular flexibility index (Phi) is 9.99. The van der Waals surface area contributed by atoms with E-state index in [0.717, 1.165) is 25.2 Å². The highest BCUT2D eigenvalue weighted by atomic mass is 35.5. The molecule has 1 N–H and O–H groups in total. The molecule has 0 bridgehead atoms. The van der Waals surface area contributed by atoms with Gasteiger partial charge in [0.25, 0.3) is 0 Å². The standard InChI is InChI=1S/C28H31N3O2.2ClH/c32-28(33-21-22-10-4-1-5-11-22)30-16-17-31-25(20-30)18-29-19-26(31)27(23-12-6-2-7-13-23)24-14-8-3-9-15-24;;/h1-15,25-27,29H,16-21H2;2*1H/t25-,26+;;/m0../s1. The third-order valence-electron chi connectivity index (χ3n) is 6.85. The molecule has 0 aliphatic carbocycles. The van der Waals surface area contributed by atoms with Crippen LogP contribution >= 0.6 is 24.8 Å². The van der Waals surface area contributed by atoms with Crippen molar-refractivity contribution < 1.29 is 9.53 Å². The summed E-state index contributed by atoms with van der Waals surface area (Å²) in [5.74, 6) is 0.277. The Morgan fingerprint density at radius 3 is 2.00 bits per heavy atom. The van der Waals surface area contributed by atoms with Crippen molar-refractivity contribution in [2.45, 2.75) is 24.6 Å². The van der Waals surface area contributed by atoms with Crippen molar-refractivity contribution in [3.8, 4) is 0 Å². The largest absolute Gasteiger partial charge is 0.445 e. The number of fused-ring (bicyclic) bond motifs is 1. The maximum atomic E-state index is 12.8. The molecule has 2 atom stereocenters. The van der Waals surface area contributed by atoms with Gasteiger partial charge in [-0.25, -0.2) is 4.79 Å². The van der Waals surface area contributed by atoms with E-state index in [-0.39, 0.29) is 42.9 Å². The zero-order valence-electron chi connectivity index (χ0n) is 19.7. The minimum Gasteiger partial charge on any atom is -0.445 e. The molecule has 1 amide bonds. The first-order valence-electron chi connectivity index (χ1n) is 11.8. The number of nitrogens with zero attached hydrogens (tertiary/aromatic N) is 2. The molecule has 2 fully saturated rings. The summed E-state index contributed by atoms with van der Waals surface area (Å²) in [6.07, 6.45) is -0.219. The summed E-state index contributed by atoms with van der Waals surface area (Å²) in [6, 6.07) is 32.1. The van der Waals surface area contributed by atoms with Gasteiger partial charge in [-0.1, -0.05) is 91.0 Å². The molecule has 3 aromatic carbocycles. The number of piperazine rings is 2. The number of amides is 1. The number of rotatable bonds is 5. The van der Waals surface area contributed by atoms with Gasteiger partial charge < -0.3 is 15.0 Å². The summed E-state index contributed by atoms with van der Waals surface area (Å²) in [4.78, 5) is 17.3. The van der Waals surface area contributed by atoms with Crippen molar-refractivity contribution in [2.24, 2.45) is 0 Å². The van der Waals surface area contributed by atoms with Crippen LogP contribution in [-0.4, -0.2) is 60.7 Å². The predicted octanol–water partition coefficient (Wildman–Crippen LogP) is 4.96. The first-order valence-corrected chi connectivity index (χ1v) is 11.8. The van der Waals surface area contributed by atoms with E-state index in [9.17, 15) is 4.79 Å². The van der Waals surface area contributed by atoms with Crippen LogP contribution in [0.5, 0.6) is 0 Å². The van der Waals surface area contributed by atoms with Gasteiger partial charge in [-0.15, -0.1) is 24.8 Å². The summed E-state index contributed by atoms with van der Waals surface area (Å²) in [5.41, 5.74) is 3.68. The van der Waals surface area contributed by atoms with Crippen molar-refractivity contribution in [3.05, 3.63) is 108 Å². The maximum absolute atomic E-state index is 12.8. The maximum Gasteiger partial charge on any atom is 0.410 e. The van der Waals surface area contributed by atoms with E-state index < -0.39 is 0 Å². The lowest BCUT2D eigenvalue weighted by Crippen LogP contribution is -2.66. The molecular weight excluding hydrogens is 481 g/mol. The average Bonchev–Trinajstić information content (AvgIpc) is 2.89.